The van der Waals surface area contributed by atoms with Crippen LogP contribution in [0, 0.1) is 6.92 Å². The first kappa shape index (κ1) is 10.5. The van der Waals surface area contributed by atoms with E-state index in [-0.39, 0.29) is 0 Å². The number of phenols is 1. The van der Waals surface area contributed by atoms with Gasteiger partial charge in [-0.2, -0.15) is 0 Å². The number of hydrogen-bond donors (Lipinski definition) is 2. The van der Waals surface area contributed by atoms with Gasteiger partial charge in [0.1, 0.15) is 5.75 Å². The lowest BCUT2D eigenvalue weighted by molar-refractivity contribution is 0.230. The molecule has 3 heteroatoms. The van der Waals surface area contributed by atoms with E-state index in [1.165, 1.54) is 0 Å². The van der Waals surface area contributed by atoms with Crippen molar-refractivity contribution in [2.75, 3.05) is 26.2 Å². The summed E-state index contributed by atoms with van der Waals surface area (Å²) in [7, 11) is 0. The molecule has 1 heterocycles. The number of nitrogens with zero attached hydrogens (tertiary/aromatic N) is 1. The van der Waals surface area contributed by atoms with Gasteiger partial charge in [-0.15, -0.1) is 0 Å². The first-order chi connectivity index (χ1) is 7.27. The Hall–Kier alpha value is -1.06. The van der Waals surface area contributed by atoms with Crippen LogP contribution in [0.15, 0.2) is 18.2 Å². The average molecular weight is 206 g/mol. The van der Waals surface area contributed by atoms with E-state index < -0.39 is 0 Å². The van der Waals surface area contributed by atoms with Gasteiger partial charge < -0.3 is 10.4 Å². The van der Waals surface area contributed by atoms with Crippen molar-refractivity contribution >= 4 is 0 Å². The van der Waals surface area contributed by atoms with Crippen molar-refractivity contribution < 1.29 is 5.11 Å². The molecule has 82 valence electrons. The molecule has 1 fully saturated rings. The van der Waals surface area contributed by atoms with Gasteiger partial charge in [0.2, 0.25) is 0 Å². The van der Waals surface area contributed by atoms with Gasteiger partial charge in [-0.25, -0.2) is 0 Å². The zero-order valence-corrected chi connectivity index (χ0v) is 9.16. The maximum absolute atomic E-state index is 9.89. The fraction of sp³-hybridized carbons (Fsp3) is 0.500. The molecule has 1 aliphatic heterocycles. The van der Waals surface area contributed by atoms with Gasteiger partial charge in [0.05, 0.1) is 0 Å². The van der Waals surface area contributed by atoms with Crippen LogP contribution in [0.25, 0.3) is 0 Å². The molecule has 2 N–H and O–H groups in total. The first-order valence-electron chi connectivity index (χ1n) is 5.48. The van der Waals surface area contributed by atoms with Gasteiger partial charge in [-0.3, -0.25) is 4.90 Å². The summed E-state index contributed by atoms with van der Waals surface area (Å²) >= 11 is 0. The summed E-state index contributed by atoms with van der Waals surface area (Å²) in [4.78, 5) is 2.37. The Labute approximate surface area is 90.7 Å². The number of phenolic OH excluding ortho intramolecular Hbond substituents is 1. The van der Waals surface area contributed by atoms with Crippen LogP contribution in [0.4, 0.5) is 0 Å². The minimum absolute atomic E-state index is 0.455. The maximum Gasteiger partial charge on any atom is 0.122 e. The lowest BCUT2D eigenvalue weighted by Crippen LogP contribution is -2.42. The minimum atomic E-state index is 0.455. The number of nitrogens with one attached hydrogen (secondary N) is 1. The normalized spacial score (nSPS) is 17.9. The second-order valence-corrected chi connectivity index (χ2v) is 4.11. The molecule has 0 bridgehead atoms. The summed E-state index contributed by atoms with van der Waals surface area (Å²) in [6, 6.07) is 5.95. The van der Waals surface area contributed by atoms with Crippen LogP contribution >= 0.6 is 0 Å². The Morgan fingerprint density at radius 3 is 2.80 bits per heavy atom. The molecule has 1 aromatic rings. The zero-order valence-electron chi connectivity index (χ0n) is 9.16. The molecule has 3 nitrogen and oxygen atoms in total. The van der Waals surface area contributed by atoms with Crippen LogP contribution < -0.4 is 5.32 Å². The second-order valence-electron chi connectivity index (χ2n) is 4.11. The van der Waals surface area contributed by atoms with Crippen molar-refractivity contribution in [1.82, 2.24) is 10.2 Å². The number of benzene rings is 1. The van der Waals surface area contributed by atoms with E-state index in [2.05, 4.69) is 10.2 Å². The van der Waals surface area contributed by atoms with Gasteiger partial charge in [0.15, 0.2) is 0 Å². The molecule has 1 aliphatic rings. The Balaban J connectivity index is 2.06. The molecule has 2 rings (SSSR count). The number of aromatic hydroxyl groups is 1. The molecule has 0 radical (unpaired) electrons. The van der Waals surface area contributed by atoms with E-state index in [9.17, 15) is 5.11 Å². The summed E-state index contributed by atoms with van der Waals surface area (Å²) in [6.07, 6.45) is 0. The van der Waals surface area contributed by atoms with Crippen molar-refractivity contribution in [3.05, 3.63) is 29.3 Å². The molecular weight excluding hydrogens is 188 g/mol. The maximum atomic E-state index is 9.89. The Bertz CT molecular complexity index is 332. The SMILES string of the molecule is Cc1cccc(CN2CCNCC2)c1O. The van der Waals surface area contributed by atoms with Crippen molar-refractivity contribution in [3.8, 4) is 5.75 Å². The van der Waals surface area contributed by atoms with Gasteiger partial charge in [0, 0.05) is 38.3 Å². The lowest BCUT2D eigenvalue weighted by Gasteiger charge is -2.27. The fourth-order valence-corrected chi connectivity index (χ4v) is 1.96. The van der Waals surface area contributed by atoms with Crippen LogP contribution in [0.2, 0.25) is 0 Å². The molecule has 0 amide bonds. The highest BCUT2D eigenvalue weighted by molar-refractivity contribution is 5.39. The molecular formula is C12H18N2O. The third-order valence-electron chi connectivity index (χ3n) is 2.92. The average Bonchev–Trinajstić information content (AvgIpc) is 2.26. The fourth-order valence-electron chi connectivity index (χ4n) is 1.96. The molecule has 0 unspecified atom stereocenters. The van der Waals surface area contributed by atoms with Gasteiger partial charge >= 0.3 is 0 Å². The van der Waals surface area contributed by atoms with Gasteiger partial charge in [0.25, 0.3) is 0 Å². The van der Waals surface area contributed by atoms with Gasteiger partial charge in [-0.1, -0.05) is 18.2 Å². The van der Waals surface area contributed by atoms with Crippen molar-refractivity contribution in [3.63, 3.8) is 0 Å². The van der Waals surface area contributed by atoms with Crippen molar-refractivity contribution in [2.45, 2.75) is 13.5 Å². The van der Waals surface area contributed by atoms with Crippen LogP contribution in [0.1, 0.15) is 11.1 Å². The molecule has 0 saturated carbocycles. The predicted molar refractivity (Wildman–Crippen MR) is 61.0 cm³/mol. The van der Waals surface area contributed by atoms with E-state index in [0.717, 1.165) is 43.9 Å². The van der Waals surface area contributed by atoms with E-state index in [1.807, 2.05) is 25.1 Å². The Kier molecular flexibility index (Phi) is 3.23. The molecule has 0 aliphatic carbocycles. The summed E-state index contributed by atoms with van der Waals surface area (Å²) in [5.41, 5.74) is 2.00. The molecule has 1 aromatic carbocycles. The standard InChI is InChI=1S/C12H18N2O/c1-10-3-2-4-11(12(10)15)9-14-7-5-13-6-8-14/h2-4,13,15H,5-9H2,1H3. The Morgan fingerprint density at radius 1 is 1.33 bits per heavy atom. The topological polar surface area (TPSA) is 35.5 Å². The van der Waals surface area contributed by atoms with E-state index >= 15 is 0 Å². The first-order valence-corrected chi connectivity index (χ1v) is 5.48. The summed E-state index contributed by atoms with van der Waals surface area (Å²) in [5.74, 6) is 0.455. The van der Waals surface area contributed by atoms with Gasteiger partial charge in [-0.05, 0) is 12.5 Å². The summed E-state index contributed by atoms with van der Waals surface area (Å²) in [6.45, 7) is 7.02. The highest BCUT2D eigenvalue weighted by Crippen LogP contribution is 2.22. The van der Waals surface area contributed by atoms with Crippen LogP contribution in [-0.4, -0.2) is 36.2 Å². The van der Waals surface area contributed by atoms with E-state index in [4.69, 9.17) is 0 Å². The smallest absolute Gasteiger partial charge is 0.122 e. The highest BCUT2D eigenvalue weighted by Gasteiger charge is 2.12. The quantitative estimate of drug-likeness (QED) is 0.761. The molecule has 0 aromatic heterocycles. The number of aryl methyl sites for hydroxylation is 1. The van der Waals surface area contributed by atoms with Crippen molar-refractivity contribution in [1.29, 1.82) is 0 Å². The molecule has 0 spiro atoms. The summed E-state index contributed by atoms with van der Waals surface area (Å²) < 4.78 is 0. The third kappa shape index (κ3) is 2.49. The number of piperazine rings is 1. The minimum Gasteiger partial charge on any atom is -0.507 e. The summed E-state index contributed by atoms with van der Waals surface area (Å²) in [5, 5.41) is 13.2. The zero-order chi connectivity index (χ0) is 10.7. The number of hydrogen-bond acceptors (Lipinski definition) is 3. The lowest BCUT2D eigenvalue weighted by atomic mass is 10.1. The van der Waals surface area contributed by atoms with Crippen molar-refractivity contribution in [2.24, 2.45) is 0 Å². The molecule has 1 saturated heterocycles. The number of para-hydroxylation sites is 1. The third-order valence-corrected chi connectivity index (χ3v) is 2.92. The molecule has 15 heavy (non-hydrogen) atoms. The predicted octanol–water partition coefficient (Wildman–Crippen LogP) is 1.11. The van der Waals surface area contributed by atoms with E-state index in [1.54, 1.807) is 0 Å². The van der Waals surface area contributed by atoms with Crippen LogP contribution in [0.3, 0.4) is 0 Å². The second kappa shape index (κ2) is 4.64. The number of rotatable bonds is 2. The largest absolute Gasteiger partial charge is 0.507 e. The monoisotopic (exact) mass is 206 g/mol. The highest BCUT2D eigenvalue weighted by atomic mass is 16.3. The van der Waals surface area contributed by atoms with Crippen LogP contribution in [-0.2, 0) is 6.54 Å². The Morgan fingerprint density at radius 2 is 2.07 bits per heavy atom. The molecule has 0 atom stereocenters. The van der Waals surface area contributed by atoms with E-state index in [0.29, 0.717) is 5.75 Å². The van der Waals surface area contributed by atoms with Crippen LogP contribution in [0.5, 0.6) is 5.75 Å².